The average molecular weight is 179 g/mol. The summed E-state index contributed by atoms with van der Waals surface area (Å²) < 4.78 is 0. The van der Waals surface area contributed by atoms with Crippen LogP contribution in [0.15, 0.2) is 12.3 Å². The van der Waals surface area contributed by atoms with Crippen molar-refractivity contribution in [3.8, 4) is 0 Å². The molecule has 0 saturated carbocycles. The Morgan fingerprint density at radius 2 is 2.08 bits per heavy atom. The van der Waals surface area contributed by atoms with Crippen molar-refractivity contribution < 1.29 is 0 Å². The highest BCUT2D eigenvalue weighted by Gasteiger charge is 2.05. The van der Waals surface area contributed by atoms with E-state index >= 15 is 0 Å². The summed E-state index contributed by atoms with van der Waals surface area (Å²) in [6.45, 7) is 4.03. The molecule has 1 aromatic heterocycles. The maximum atomic E-state index is 5.79. The van der Waals surface area contributed by atoms with Crippen LogP contribution in [0.5, 0.6) is 0 Å². The second kappa shape index (κ2) is 3.75. The second-order valence-corrected chi connectivity index (χ2v) is 3.58. The van der Waals surface area contributed by atoms with E-state index in [1.165, 1.54) is 5.56 Å². The fraction of sp³-hybridized carbons (Fsp3) is 0.500. The zero-order valence-corrected chi connectivity index (χ0v) is 8.70. The van der Waals surface area contributed by atoms with Crippen molar-refractivity contribution in [3.63, 3.8) is 0 Å². The van der Waals surface area contributed by atoms with E-state index in [1.807, 2.05) is 32.1 Å². The minimum atomic E-state index is 0.0590. The van der Waals surface area contributed by atoms with Gasteiger partial charge < -0.3 is 10.6 Å². The van der Waals surface area contributed by atoms with Crippen molar-refractivity contribution in [2.75, 3.05) is 19.0 Å². The van der Waals surface area contributed by atoms with Gasteiger partial charge in [-0.1, -0.05) is 0 Å². The molecule has 0 unspecified atom stereocenters. The van der Waals surface area contributed by atoms with Crippen molar-refractivity contribution in [1.82, 2.24) is 4.98 Å². The molecule has 3 heteroatoms. The fourth-order valence-corrected chi connectivity index (χ4v) is 1.27. The lowest BCUT2D eigenvalue weighted by molar-refractivity contribution is 0.801. The van der Waals surface area contributed by atoms with Crippen LogP contribution in [0.3, 0.4) is 0 Å². The lowest BCUT2D eigenvalue weighted by atomic mass is 10.1. The number of aryl methyl sites for hydroxylation is 1. The van der Waals surface area contributed by atoms with Gasteiger partial charge in [-0.25, -0.2) is 4.98 Å². The van der Waals surface area contributed by atoms with Crippen LogP contribution in [0.4, 0.5) is 5.82 Å². The predicted molar refractivity (Wildman–Crippen MR) is 55.9 cm³/mol. The molecule has 0 amide bonds. The molecule has 3 nitrogen and oxygen atoms in total. The van der Waals surface area contributed by atoms with Crippen LogP contribution in [0.2, 0.25) is 0 Å². The third-order valence-corrected chi connectivity index (χ3v) is 2.09. The normalized spacial score (nSPS) is 12.7. The molecule has 13 heavy (non-hydrogen) atoms. The molecule has 2 N–H and O–H groups in total. The van der Waals surface area contributed by atoms with E-state index in [4.69, 9.17) is 5.73 Å². The van der Waals surface area contributed by atoms with Gasteiger partial charge in [-0.2, -0.15) is 0 Å². The summed E-state index contributed by atoms with van der Waals surface area (Å²) in [5.74, 6) is 0.974. The number of aromatic nitrogens is 1. The molecule has 72 valence electrons. The largest absolute Gasteiger partial charge is 0.363 e. The molecule has 1 aromatic rings. The maximum Gasteiger partial charge on any atom is 0.128 e. The zero-order valence-electron chi connectivity index (χ0n) is 8.70. The molecule has 1 atom stereocenters. The highest BCUT2D eigenvalue weighted by Crippen LogP contribution is 2.17. The van der Waals surface area contributed by atoms with Crippen molar-refractivity contribution in [2.24, 2.45) is 5.73 Å². The van der Waals surface area contributed by atoms with Crippen LogP contribution in [0, 0.1) is 6.92 Å². The number of hydrogen-bond acceptors (Lipinski definition) is 3. The second-order valence-electron chi connectivity index (χ2n) is 3.58. The van der Waals surface area contributed by atoms with Gasteiger partial charge in [0.05, 0.1) is 0 Å². The van der Waals surface area contributed by atoms with Crippen LogP contribution in [-0.4, -0.2) is 19.1 Å². The Morgan fingerprint density at radius 3 is 2.46 bits per heavy atom. The molecule has 0 fully saturated rings. The minimum Gasteiger partial charge on any atom is -0.363 e. The van der Waals surface area contributed by atoms with E-state index in [1.54, 1.807) is 0 Å². The van der Waals surface area contributed by atoms with Crippen LogP contribution in [0.25, 0.3) is 0 Å². The summed E-state index contributed by atoms with van der Waals surface area (Å²) in [5, 5.41) is 0. The summed E-state index contributed by atoms with van der Waals surface area (Å²) in [7, 11) is 3.96. The van der Waals surface area contributed by atoms with Crippen LogP contribution in [-0.2, 0) is 0 Å². The minimum absolute atomic E-state index is 0.0590. The topological polar surface area (TPSA) is 42.2 Å². The average Bonchev–Trinajstić information content (AvgIpc) is 2.03. The highest BCUT2D eigenvalue weighted by atomic mass is 15.1. The predicted octanol–water partition coefficient (Wildman–Crippen LogP) is 1.48. The van der Waals surface area contributed by atoms with Crippen LogP contribution >= 0.6 is 0 Å². The molecule has 0 radical (unpaired) electrons. The van der Waals surface area contributed by atoms with E-state index < -0.39 is 0 Å². The van der Waals surface area contributed by atoms with E-state index in [2.05, 4.69) is 18.0 Å². The van der Waals surface area contributed by atoms with Crippen molar-refractivity contribution >= 4 is 5.82 Å². The molecule has 0 spiro atoms. The molecule has 0 aliphatic rings. The Morgan fingerprint density at radius 1 is 1.46 bits per heavy atom. The third kappa shape index (κ3) is 2.18. The van der Waals surface area contributed by atoms with Gasteiger partial charge in [0.25, 0.3) is 0 Å². The Balaban J connectivity index is 3.06. The summed E-state index contributed by atoms with van der Waals surface area (Å²) in [6, 6.07) is 2.11. The van der Waals surface area contributed by atoms with Gasteiger partial charge in [-0.3, -0.25) is 0 Å². The van der Waals surface area contributed by atoms with Crippen molar-refractivity contribution in [1.29, 1.82) is 0 Å². The van der Waals surface area contributed by atoms with E-state index in [0.717, 1.165) is 11.4 Å². The molecule has 1 heterocycles. The Hall–Kier alpha value is -1.09. The van der Waals surface area contributed by atoms with Gasteiger partial charge in [-0.15, -0.1) is 0 Å². The van der Waals surface area contributed by atoms with Gasteiger partial charge in [0.15, 0.2) is 0 Å². The summed E-state index contributed by atoms with van der Waals surface area (Å²) in [5.41, 5.74) is 8.11. The van der Waals surface area contributed by atoms with Gasteiger partial charge >= 0.3 is 0 Å². The molecular weight excluding hydrogens is 162 g/mol. The smallest absolute Gasteiger partial charge is 0.128 e. The Kier molecular flexibility index (Phi) is 2.88. The van der Waals surface area contributed by atoms with Crippen molar-refractivity contribution in [2.45, 2.75) is 19.9 Å². The molecule has 0 bridgehead atoms. The first-order valence-corrected chi connectivity index (χ1v) is 4.42. The molecule has 1 rings (SSSR count). The van der Waals surface area contributed by atoms with Gasteiger partial charge in [0, 0.05) is 26.3 Å². The number of hydrogen-bond donors (Lipinski definition) is 1. The van der Waals surface area contributed by atoms with Crippen LogP contribution in [0.1, 0.15) is 24.1 Å². The lowest BCUT2D eigenvalue weighted by Gasteiger charge is -2.15. The van der Waals surface area contributed by atoms with Gasteiger partial charge in [-0.05, 0) is 31.0 Å². The number of nitrogens with two attached hydrogens (primary N) is 1. The van der Waals surface area contributed by atoms with Gasteiger partial charge in [0.1, 0.15) is 5.82 Å². The molecule has 0 aliphatic carbocycles. The monoisotopic (exact) mass is 179 g/mol. The zero-order chi connectivity index (χ0) is 10.0. The van der Waals surface area contributed by atoms with E-state index in [9.17, 15) is 0 Å². The molecule has 0 aromatic carbocycles. The fourth-order valence-electron chi connectivity index (χ4n) is 1.27. The number of anilines is 1. The first kappa shape index (κ1) is 9.99. The molecule has 0 saturated heterocycles. The maximum absolute atomic E-state index is 5.79. The Bertz CT molecular complexity index is 292. The third-order valence-electron chi connectivity index (χ3n) is 2.09. The lowest BCUT2D eigenvalue weighted by Crippen LogP contribution is -2.13. The summed E-state index contributed by atoms with van der Waals surface area (Å²) >= 11 is 0. The Labute approximate surface area is 79.6 Å². The first-order chi connectivity index (χ1) is 6.02. The number of pyridine rings is 1. The summed E-state index contributed by atoms with van der Waals surface area (Å²) in [6.07, 6.45) is 1.86. The standard InChI is InChI=1S/C10H17N3/c1-7-5-10(13(3)4)12-6-9(7)8(2)11/h5-6,8H,11H2,1-4H3/t8-/m1/s1. The number of nitrogens with zero attached hydrogens (tertiary/aromatic N) is 2. The molecular formula is C10H17N3. The van der Waals surface area contributed by atoms with Gasteiger partial charge in [0.2, 0.25) is 0 Å². The first-order valence-electron chi connectivity index (χ1n) is 4.42. The summed E-state index contributed by atoms with van der Waals surface area (Å²) in [4.78, 5) is 6.29. The molecule has 0 aliphatic heterocycles. The van der Waals surface area contributed by atoms with Crippen LogP contribution < -0.4 is 10.6 Å². The number of rotatable bonds is 2. The van der Waals surface area contributed by atoms with Crippen molar-refractivity contribution in [3.05, 3.63) is 23.4 Å². The SMILES string of the molecule is Cc1cc(N(C)C)ncc1[C@@H](C)N. The highest BCUT2D eigenvalue weighted by molar-refractivity contribution is 5.42. The van der Waals surface area contributed by atoms with E-state index in [0.29, 0.717) is 0 Å². The quantitative estimate of drug-likeness (QED) is 0.747. The van der Waals surface area contributed by atoms with E-state index in [-0.39, 0.29) is 6.04 Å².